The molecule has 3 N–H and O–H groups in total. The van der Waals surface area contributed by atoms with Crippen LogP contribution in [0.15, 0.2) is 52.4 Å². The third kappa shape index (κ3) is 6.18. The number of carbonyl (C=O) groups excluding carboxylic acids is 2. The minimum absolute atomic E-state index is 0.0458. The summed E-state index contributed by atoms with van der Waals surface area (Å²) in [6.07, 6.45) is 0.236. The number of aliphatic imine (C=N–C) groups is 2. The van der Waals surface area contributed by atoms with Gasteiger partial charge in [-0.25, -0.2) is 4.99 Å². The standard InChI is InChI=1S/C20H20Cl2N4O2/c1-12(27)25-20-15(21)8-13(9-16(20)22)10-18(23)26-19(28)11-17(24-2)14-6-4-3-5-7-14/h3-9H,10-11H2,1-2H3,(H,25,27)(H2,23,26,28)/b24-17+. The molecule has 0 fully saturated rings. The second-order valence-electron chi connectivity index (χ2n) is 6.00. The van der Waals surface area contributed by atoms with E-state index >= 15 is 0 Å². The van der Waals surface area contributed by atoms with Crippen LogP contribution in [0.2, 0.25) is 10.0 Å². The summed E-state index contributed by atoms with van der Waals surface area (Å²) in [5.74, 6) is -0.544. The third-order valence-electron chi connectivity index (χ3n) is 3.75. The number of amides is 2. The first kappa shape index (κ1) is 21.6. The number of hydrogen-bond donors (Lipinski definition) is 2. The van der Waals surface area contributed by atoms with Crippen LogP contribution >= 0.6 is 23.2 Å². The Morgan fingerprint density at radius 2 is 1.71 bits per heavy atom. The number of rotatable bonds is 6. The zero-order chi connectivity index (χ0) is 20.7. The van der Waals surface area contributed by atoms with Gasteiger partial charge in [-0.3, -0.25) is 14.6 Å². The van der Waals surface area contributed by atoms with Gasteiger partial charge < -0.3 is 11.1 Å². The fraction of sp³-hybridized carbons (Fsp3) is 0.200. The van der Waals surface area contributed by atoms with Crippen molar-refractivity contribution in [1.82, 2.24) is 0 Å². The fourth-order valence-corrected chi connectivity index (χ4v) is 3.18. The van der Waals surface area contributed by atoms with E-state index < -0.39 is 5.91 Å². The molecule has 2 rings (SSSR count). The highest BCUT2D eigenvalue weighted by molar-refractivity contribution is 6.39. The molecule has 28 heavy (non-hydrogen) atoms. The lowest BCUT2D eigenvalue weighted by atomic mass is 10.1. The lowest BCUT2D eigenvalue weighted by Gasteiger charge is -2.10. The highest BCUT2D eigenvalue weighted by Gasteiger charge is 2.12. The molecule has 0 aliphatic heterocycles. The minimum Gasteiger partial charge on any atom is -0.387 e. The molecule has 2 amide bonds. The zero-order valence-electron chi connectivity index (χ0n) is 15.5. The molecule has 0 saturated heterocycles. The summed E-state index contributed by atoms with van der Waals surface area (Å²) >= 11 is 12.3. The highest BCUT2D eigenvalue weighted by atomic mass is 35.5. The van der Waals surface area contributed by atoms with Crippen LogP contribution in [0.25, 0.3) is 0 Å². The molecule has 146 valence electrons. The molecule has 0 atom stereocenters. The number of nitrogens with zero attached hydrogens (tertiary/aromatic N) is 2. The van der Waals surface area contributed by atoms with Crippen molar-refractivity contribution in [2.75, 3.05) is 12.4 Å². The maximum Gasteiger partial charge on any atom is 0.253 e. The van der Waals surface area contributed by atoms with Crippen molar-refractivity contribution < 1.29 is 9.59 Å². The Morgan fingerprint density at radius 1 is 1.11 bits per heavy atom. The lowest BCUT2D eigenvalue weighted by molar-refractivity contribution is -0.116. The van der Waals surface area contributed by atoms with E-state index in [-0.39, 0.29) is 34.6 Å². The molecule has 2 aromatic carbocycles. The summed E-state index contributed by atoms with van der Waals surface area (Å²) in [7, 11) is 1.63. The van der Waals surface area contributed by atoms with Crippen molar-refractivity contribution in [1.29, 1.82) is 0 Å². The molecule has 2 aromatic rings. The fourth-order valence-electron chi connectivity index (χ4n) is 2.56. The molecular weight excluding hydrogens is 399 g/mol. The largest absolute Gasteiger partial charge is 0.387 e. The Balaban J connectivity index is 2.09. The maximum absolute atomic E-state index is 12.2. The molecular formula is C20H20Cl2N4O2. The second kappa shape index (κ2) is 10.0. The molecule has 0 heterocycles. The first-order valence-corrected chi connectivity index (χ1v) is 9.18. The molecule has 0 spiro atoms. The van der Waals surface area contributed by atoms with E-state index in [1.807, 2.05) is 30.3 Å². The number of halogens is 2. The first-order valence-electron chi connectivity index (χ1n) is 8.42. The Hall–Kier alpha value is -2.70. The van der Waals surface area contributed by atoms with Crippen LogP contribution in [0.1, 0.15) is 24.5 Å². The number of carbonyl (C=O) groups is 2. The molecule has 0 bridgehead atoms. The smallest absolute Gasteiger partial charge is 0.253 e. The van der Waals surface area contributed by atoms with Gasteiger partial charge in [0.2, 0.25) is 5.91 Å². The maximum atomic E-state index is 12.2. The van der Waals surface area contributed by atoms with Gasteiger partial charge in [0, 0.05) is 20.4 Å². The Labute approximate surface area is 173 Å². The molecule has 0 radical (unpaired) electrons. The quantitative estimate of drug-likeness (QED) is 0.549. The minimum atomic E-state index is -0.394. The average molecular weight is 419 g/mol. The van der Waals surface area contributed by atoms with Crippen molar-refractivity contribution in [3.8, 4) is 0 Å². The van der Waals surface area contributed by atoms with Gasteiger partial charge in [0.1, 0.15) is 5.84 Å². The summed E-state index contributed by atoms with van der Waals surface area (Å²) in [5.41, 5.74) is 8.41. The van der Waals surface area contributed by atoms with E-state index in [0.29, 0.717) is 17.0 Å². The van der Waals surface area contributed by atoms with Crippen LogP contribution in [0.5, 0.6) is 0 Å². The summed E-state index contributed by atoms with van der Waals surface area (Å²) in [5, 5.41) is 3.12. The average Bonchev–Trinajstić information content (AvgIpc) is 2.63. The summed E-state index contributed by atoms with van der Waals surface area (Å²) < 4.78 is 0. The number of hydrogen-bond acceptors (Lipinski definition) is 3. The number of benzene rings is 2. The second-order valence-corrected chi connectivity index (χ2v) is 6.82. The molecule has 0 aliphatic rings. The molecule has 0 aromatic heterocycles. The molecule has 0 aliphatic carbocycles. The Morgan fingerprint density at radius 3 is 2.25 bits per heavy atom. The number of nitrogens with two attached hydrogens (primary N) is 1. The van der Waals surface area contributed by atoms with Crippen molar-refractivity contribution in [3.05, 3.63) is 63.6 Å². The first-order chi connectivity index (χ1) is 13.3. The molecule has 0 saturated carbocycles. The number of anilines is 1. The summed E-state index contributed by atoms with van der Waals surface area (Å²) in [6.45, 7) is 1.36. The van der Waals surface area contributed by atoms with Crippen molar-refractivity contribution in [2.24, 2.45) is 15.7 Å². The van der Waals surface area contributed by atoms with Crippen LogP contribution in [-0.2, 0) is 16.0 Å². The van der Waals surface area contributed by atoms with Crippen molar-refractivity contribution in [2.45, 2.75) is 19.8 Å². The van der Waals surface area contributed by atoms with Crippen LogP contribution in [0.4, 0.5) is 5.69 Å². The Bertz CT molecular complexity index is 917. The van der Waals surface area contributed by atoms with Crippen LogP contribution in [0, 0.1) is 0 Å². The van der Waals surface area contributed by atoms with Crippen LogP contribution in [0.3, 0.4) is 0 Å². The van der Waals surface area contributed by atoms with E-state index in [1.165, 1.54) is 6.92 Å². The monoisotopic (exact) mass is 418 g/mol. The zero-order valence-corrected chi connectivity index (χ0v) is 17.0. The van der Waals surface area contributed by atoms with Gasteiger partial charge >= 0.3 is 0 Å². The topological polar surface area (TPSA) is 96.9 Å². The normalized spacial score (nSPS) is 12.0. The number of amidine groups is 1. The van der Waals surface area contributed by atoms with E-state index in [9.17, 15) is 9.59 Å². The van der Waals surface area contributed by atoms with Gasteiger partial charge in [-0.2, -0.15) is 0 Å². The summed E-state index contributed by atoms with van der Waals surface area (Å²) in [6, 6.07) is 12.6. The lowest BCUT2D eigenvalue weighted by Crippen LogP contribution is -2.19. The third-order valence-corrected chi connectivity index (χ3v) is 4.35. The van der Waals surface area contributed by atoms with E-state index in [4.69, 9.17) is 28.9 Å². The Kier molecular flexibility index (Phi) is 7.72. The SMILES string of the molecule is C/N=C(\CC(=O)/N=C(\N)Cc1cc(Cl)c(NC(C)=O)c(Cl)c1)c1ccccc1. The van der Waals surface area contributed by atoms with Gasteiger partial charge in [-0.05, 0) is 23.3 Å². The van der Waals surface area contributed by atoms with Crippen molar-refractivity contribution in [3.63, 3.8) is 0 Å². The van der Waals surface area contributed by atoms with Gasteiger partial charge in [0.05, 0.1) is 27.9 Å². The molecule has 8 heteroatoms. The summed E-state index contributed by atoms with van der Waals surface area (Å²) in [4.78, 5) is 31.5. The predicted octanol–water partition coefficient (Wildman–Crippen LogP) is 3.89. The van der Waals surface area contributed by atoms with Crippen LogP contribution in [-0.4, -0.2) is 30.4 Å². The van der Waals surface area contributed by atoms with E-state index in [0.717, 1.165) is 5.56 Å². The van der Waals surface area contributed by atoms with Gasteiger partial charge in [-0.15, -0.1) is 0 Å². The van der Waals surface area contributed by atoms with E-state index in [2.05, 4.69) is 15.3 Å². The van der Waals surface area contributed by atoms with Crippen molar-refractivity contribution >= 4 is 52.3 Å². The van der Waals surface area contributed by atoms with Gasteiger partial charge in [0.15, 0.2) is 0 Å². The molecule has 6 nitrogen and oxygen atoms in total. The van der Waals surface area contributed by atoms with Gasteiger partial charge in [0.25, 0.3) is 5.91 Å². The predicted molar refractivity (Wildman–Crippen MR) is 115 cm³/mol. The molecule has 0 unspecified atom stereocenters. The highest BCUT2D eigenvalue weighted by Crippen LogP contribution is 2.32. The van der Waals surface area contributed by atoms with Crippen LogP contribution < -0.4 is 11.1 Å². The number of nitrogens with one attached hydrogen (secondary N) is 1. The van der Waals surface area contributed by atoms with Gasteiger partial charge in [-0.1, -0.05) is 53.5 Å². The van der Waals surface area contributed by atoms with E-state index in [1.54, 1.807) is 19.2 Å².